The maximum Gasteiger partial charge on any atom is 0.314 e. The maximum absolute atomic E-state index is 11.1. The lowest BCUT2D eigenvalue weighted by Gasteiger charge is -2.24. The van der Waals surface area contributed by atoms with Gasteiger partial charge >= 0.3 is 6.03 Å². The van der Waals surface area contributed by atoms with Crippen LogP contribution in [-0.2, 0) is 0 Å². The number of hydrogen-bond acceptors (Lipinski definition) is 3. The second kappa shape index (κ2) is 6.31. The van der Waals surface area contributed by atoms with Crippen LogP contribution in [0.1, 0.15) is 24.8 Å². The van der Waals surface area contributed by atoms with Crippen molar-refractivity contribution < 1.29 is 14.3 Å². The van der Waals surface area contributed by atoms with E-state index in [2.05, 4.69) is 17.6 Å². The molecule has 2 amide bonds. The van der Waals surface area contributed by atoms with Crippen molar-refractivity contribution in [3.63, 3.8) is 0 Å². The van der Waals surface area contributed by atoms with E-state index in [4.69, 9.17) is 9.47 Å². The molecule has 1 saturated heterocycles. The third-order valence-corrected chi connectivity index (χ3v) is 3.14. The Balaban J connectivity index is 2.14. The van der Waals surface area contributed by atoms with Crippen LogP contribution < -0.4 is 20.1 Å². The average molecular weight is 264 g/mol. The Morgan fingerprint density at radius 1 is 1.26 bits per heavy atom. The van der Waals surface area contributed by atoms with Crippen LogP contribution in [-0.4, -0.2) is 32.8 Å². The van der Waals surface area contributed by atoms with E-state index < -0.39 is 0 Å². The van der Waals surface area contributed by atoms with Gasteiger partial charge in [-0.25, -0.2) is 4.79 Å². The Hall–Kier alpha value is -1.91. The molecule has 0 bridgehead atoms. The summed E-state index contributed by atoms with van der Waals surface area (Å²) >= 11 is 0. The molecule has 0 aromatic heterocycles. The molecule has 19 heavy (non-hydrogen) atoms. The number of amides is 2. The van der Waals surface area contributed by atoms with E-state index in [9.17, 15) is 4.79 Å². The molecule has 0 atom stereocenters. The van der Waals surface area contributed by atoms with E-state index in [1.54, 1.807) is 7.11 Å². The summed E-state index contributed by atoms with van der Waals surface area (Å²) in [7, 11) is 1.64. The smallest absolute Gasteiger partial charge is 0.314 e. The second-order valence-corrected chi connectivity index (χ2v) is 4.55. The normalized spacial score (nSPS) is 15.6. The molecule has 0 spiro atoms. The van der Waals surface area contributed by atoms with Crippen LogP contribution in [0.25, 0.3) is 0 Å². The largest absolute Gasteiger partial charge is 0.493 e. The highest BCUT2D eigenvalue weighted by molar-refractivity contribution is 5.75. The van der Waals surface area contributed by atoms with Gasteiger partial charge in [-0.3, -0.25) is 0 Å². The minimum Gasteiger partial charge on any atom is -0.493 e. The Morgan fingerprint density at radius 3 is 2.63 bits per heavy atom. The minimum atomic E-state index is -0.104. The molecule has 0 unspecified atom stereocenters. The number of benzene rings is 1. The van der Waals surface area contributed by atoms with Gasteiger partial charge in [0.05, 0.1) is 13.7 Å². The van der Waals surface area contributed by atoms with Gasteiger partial charge in [0.2, 0.25) is 0 Å². The average Bonchev–Trinajstić information content (AvgIpc) is 2.45. The Kier molecular flexibility index (Phi) is 4.49. The van der Waals surface area contributed by atoms with E-state index in [1.807, 2.05) is 18.2 Å². The van der Waals surface area contributed by atoms with Gasteiger partial charge in [0.1, 0.15) is 0 Å². The maximum atomic E-state index is 11.1. The summed E-state index contributed by atoms with van der Waals surface area (Å²) in [6, 6.07) is 5.82. The van der Waals surface area contributed by atoms with Crippen molar-refractivity contribution >= 4 is 6.03 Å². The lowest BCUT2D eigenvalue weighted by Crippen LogP contribution is -2.47. The zero-order valence-electron chi connectivity index (χ0n) is 11.4. The fraction of sp³-hybridized carbons (Fsp3) is 0.500. The van der Waals surface area contributed by atoms with Gasteiger partial charge in [-0.05, 0) is 24.1 Å². The SMILES string of the molecule is CCCOc1cc(C2CNC(=O)NC2)ccc1OC. The van der Waals surface area contributed by atoms with E-state index in [0.29, 0.717) is 19.7 Å². The first-order valence-electron chi connectivity index (χ1n) is 6.57. The van der Waals surface area contributed by atoms with Crippen molar-refractivity contribution in [1.29, 1.82) is 0 Å². The highest BCUT2D eigenvalue weighted by Crippen LogP contribution is 2.31. The van der Waals surface area contributed by atoms with Crippen LogP contribution in [0.15, 0.2) is 18.2 Å². The highest BCUT2D eigenvalue weighted by Gasteiger charge is 2.20. The molecular formula is C14H20N2O3. The van der Waals surface area contributed by atoms with Crippen LogP contribution in [0.5, 0.6) is 11.5 Å². The zero-order valence-corrected chi connectivity index (χ0v) is 11.4. The van der Waals surface area contributed by atoms with Crippen molar-refractivity contribution in [2.75, 3.05) is 26.8 Å². The molecular weight excluding hydrogens is 244 g/mol. The highest BCUT2D eigenvalue weighted by atomic mass is 16.5. The molecule has 104 valence electrons. The molecule has 5 nitrogen and oxygen atoms in total. The summed E-state index contributed by atoms with van der Waals surface area (Å²) in [6.07, 6.45) is 0.953. The first kappa shape index (κ1) is 13.5. The lowest BCUT2D eigenvalue weighted by atomic mass is 9.97. The van der Waals surface area contributed by atoms with Gasteiger partial charge in [-0.2, -0.15) is 0 Å². The molecule has 1 aromatic rings. The van der Waals surface area contributed by atoms with Gasteiger partial charge in [-0.15, -0.1) is 0 Å². The number of methoxy groups -OCH3 is 1. The number of carbonyl (C=O) groups is 1. The van der Waals surface area contributed by atoms with Crippen molar-refractivity contribution in [2.45, 2.75) is 19.3 Å². The summed E-state index contributed by atoms with van der Waals surface area (Å²) in [4.78, 5) is 11.1. The molecule has 1 fully saturated rings. The van der Waals surface area contributed by atoms with Crippen LogP contribution in [0.2, 0.25) is 0 Å². The molecule has 1 aliphatic rings. The Morgan fingerprint density at radius 2 is 2.00 bits per heavy atom. The number of carbonyl (C=O) groups excluding carboxylic acids is 1. The molecule has 5 heteroatoms. The van der Waals surface area contributed by atoms with Crippen molar-refractivity contribution in [1.82, 2.24) is 10.6 Å². The van der Waals surface area contributed by atoms with E-state index >= 15 is 0 Å². The van der Waals surface area contributed by atoms with Gasteiger partial charge in [-0.1, -0.05) is 13.0 Å². The molecule has 2 N–H and O–H groups in total. The molecule has 0 aliphatic carbocycles. The van der Waals surface area contributed by atoms with Crippen molar-refractivity contribution in [3.8, 4) is 11.5 Å². The van der Waals surface area contributed by atoms with E-state index in [1.165, 1.54) is 0 Å². The quantitative estimate of drug-likeness (QED) is 0.853. The predicted octanol–water partition coefficient (Wildman–Crippen LogP) is 1.88. The van der Waals surface area contributed by atoms with Gasteiger partial charge in [0.25, 0.3) is 0 Å². The standard InChI is InChI=1S/C14H20N2O3/c1-3-6-19-13-7-10(4-5-12(13)18-2)11-8-15-14(17)16-9-11/h4-5,7,11H,3,6,8-9H2,1-2H3,(H2,15,16,17). The number of urea groups is 1. The van der Waals surface area contributed by atoms with Crippen LogP contribution >= 0.6 is 0 Å². The number of hydrogen-bond donors (Lipinski definition) is 2. The summed E-state index contributed by atoms with van der Waals surface area (Å²) in [5.41, 5.74) is 1.14. The van der Waals surface area contributed by atoms with E-state index in [0.717, 1.165) is 23.5 Å². The predicted molar refractivity (Wildman–Crippen MR) is 72.9 cm³/mol. The van der Waals surface area contributed by atoms with Crippen LogP contribution in [0.3, 0.4) is 0 Å². The molecule has 1 aromatic carbocycles. The first-order valence-corrected chi connectivity index (χ1v) is 6.57. The first-order chi connectivity index (χ1) is 9.24. The fourth-order valence-corrected chi connectivity index (χ4v) is 2.07. The number of nitrogens with one attached hydrogen (secondary N) is 2. The Bertz CT molecular complexity index is 438. The summed E-state index contributed by atoms with van der Waals surface area (Å²) < 4.78 is 11.0. The molecule has 1 aliphatic heterocycles. The molecule has 1 heterocycles. The van der Waals surface area contributed by atoms with Gasteiger partial charge in [0, 0.05) is 19.0 Å². The van der Waals surface area contributed by atoms with Crippen molar-refractivity contribution in [3.05, 3.63) is 23.8 Å². The van der Waals surface area contributed by atoms with Crippen molar-refractivity contribution in [2.24, 2.45) is 0 Å². The molecule has 0 saturated carbocycles. The monoisotopic (exact) mass is 264 g/mol. The lowest BCUT2D eigenvalue weighted by molar-refractivity contribution is 0.234. The topological polar surface area (TPSA) is 59.6 Å². The van der Waals surface area contributed by atoms with Gasteiger partial charge in [0.15, 0.2) is 11.5 Å². The summed E-state index contributed by atoms with van der Waals surface area (Å²) in [6.45, 7) is 4.02. The van der Waals surface area contributed by atoms with Crippen LogP contribution in [0.4, 0.5) is 4.79 Å². The van der Waals surface area contributed by atoms with Gasteiger partial charge < -0.3 is 20.1 Å². The van der Waals surface area contributed by atoms with E-state index in [-0.39, 0.29) is 11.9 Å². The van der Waals surface area contributed by atoms with Crippen LogP contribution in [0, 0.1) is 0 Å². The molecule has 2 rings (SSSR count). The Labute approximate surface area is 113 Å². The third-order valence-electron chi connectivity index (χ3n) is 3.14. The fourth-order valence-electron chi connectivity index (χ4n) is 2.07. The third kappa shape index (κ3) is 3.30. The second-order valence-electron chi connectivity index (χ2n) is 4.55. The summed E-state index contributed by atoms with van der Waals surface area (Å²) in [5.74, 6) is 1.76. The number of ether oxygens (including phenoxy) is 2. The molecule has 0 radical (unpaired) electrons. The zero-order chi connectivity index (χ0) is 13.7. The minimum absolute atomic E-state index is 0.104. The number of rotatable bonds is 5. The summed E-state index contributed by atoms with van der Waals surface area (Å²) in [5, 5.41) is 5.60.